The van der Waals surface area contributed by atoms with Gasteiger partial charge in [0.25, 0.3) is 11.7 Å². The van der Waals surface area contributed by atoms with Crippen LogP contribution in [0.3, 0.4) is 0 Å². The van der Waals surface area contributed by atoms with Gasteiger partial charge < -0.3 is 14.7 Å². The summed E-state index contributed by atoms with van der Waals surface area (Å²) in [6.07, 6.45) is 2.27. The molecule has 2 aliphatic rings. The van der Waals surface area contributed by atoms with Crippen LogP contribution in [0.5, 0.6) is 0 Å². The van der Waals surface area contributed by atoms with Crippen LogP contribution in [-0.2, 0) is 4.79 Å². The highest BCUT2D eigenvalue weighted by atomic mass is 16.2. The first-order valence-corrected chi connectivity index (χ1v) is 10.9. The summed E-state index contributed by atoms with van der Waals surface area (Å²) in [5.74, 6) is 1.10. The van der Waals surface area contributed by atoms with E-state index < -0.39 is 0 Å². The molecule has 0 N–H and O–H groups in total. The second kappa shape index (κ2) is 8.67. The number of piperidine rings is 1. The van der Waals surface area contributed by atoms with Gasteiger partial charge in [-0.3, -0.25) is 9.59 Å². The molecule has 4 heterocycles. The zero-order valence-electron chi connectivity index (χ0n) is 18.2. The van der Waals surface area contributed by atoms with Gasteiger partial charge in [-0.05, 0) is 45.2 Å². The molecule has 0 bridgehead atoms. The Bertz CT molecular complexity index is 925. The van der Waals surface area contributed by atoms with Crippen LogP contribution < -0.4 is 0 Å². The normalized spacial score (nSPS) is 18.9. The minimum Gasteiger partial charge on any atom is -0.340 e. The number of amides is 2. The molecule has 2 aromatic rings. The summed E-state index contributed by atoms with van der Waals surface area (Å²) in [6.45, 7) is 11.9. The third-order valence-electron chi connectivity index (χ3n) is 6.35. The Morgan fingerprint density at radius 2 is 1.70 bits per heavy atom. The summed E-state index contributed by atoms with van der Waals surface area (Å²) in [7, 11) is 0. The maximum Gasteiger partial charge on any atom is 0.293 e. The molecule has 0 spiro atoms. The number of hydrogen-bond donors (Lipinski definition) is 0. The molecule has 0 unspecified atom stereocenters. The van der Waals surface area contributed by atoms with E-state index in [2.05, 4.69) is 26.9 Å². The molecule has 4 rings (SSSR count). The average molecular weight is 414 g/mol. The van der Waals surface area contributed by atoms with Crippen molar-refractivity contribution in [1.29, 1.82) is 0 Å². The lowest BCUT2D eigenvalue weighted by atomic mass is 9.92. The van der Waals surface area contributed by atoms with E-state index >= 15 is 0 Å². The smallest absolute Gasteiger partial charge is 0.293 e. The SMILES string of the molecule is CCN1CCN(C(=O)CC2CCN(C(=O)c3nc4nc(C)cc(C)n4n3)CC2)CC1. The maximum absolute atomic E-state index is 12.9. The summed E-state index contributed by atoms with van der Waals surface area (Å²) in [5.41, 5.74) is 1.76. The number of likely N-dealkylation sites (tertiary alicyclic amines) is 1. The minimum absolute atomic E-state index is 0.155. The van der Waals surface area contributed by atoms with Gasteiger partial charge in [-0.2, -0.15) is 4.98 Å². The molecule has 2 aliphatic heterocycles. The fourth-order valence-electron chi connectivity index (χ4n) is 4.43. The van der Waals surface area contributed by atoms with E-state index in [1.165, 1.54) is 0 Å². The lowest BCUT2D eigenvalue weighted by molar-refractivity contribution is -0.134. The van der Waals surface area contributed by atoms with Gasteiger partial charge in [-0.25, -0.2) is 9.50 Å². The van der Waals surface area contributed by atoms with Crippen molar-refractivity contribution in [1.82, 2.24) is 34.3 Å². The Labute approximate surface area is 177 Å². The minimum atomic E-state index is -0.155. The number of likely N-dealkylation sites (N-methyl/N-ethyl adjacent to an activating group) is 1. The number of rotatable bonds is 4. The van der Waals surface area contributed by atoms with E-state index in [0.717, 1.165) is 57.0 Å². The Morgan fingerprint density at radius 1 is 1.00 bits per heavy atom. The molecule has 9 nitrogen and oxygen atoms in total. The number of nitrogens with zero attached hydrogens (tertiary/aromatic N) is 7. The molecule has 0 aromatic carbocycles. The number of aromatic nitrogens is 4. The monoisotopic (exact) mass is 413 g/mol. The van der Waals surface area contributed by atoms with Crippen molar-refractivity contribution in [2.45, 2.75) is 40.0 Å². The molecule has 2 aromatic heterocycles. The molecule has 30 heavy (non-hydrogen) atoms. The highest BCUT2D eigenvalue weighted by Gasteiger charge is 2.29. The van der Waals surface area contributed by atoms with E-state index in [9.17, 15) is 9.59 Å². The van der Waals surface area contributed by atoms with Gasteiger partial charge in [0.05, 0.1) is 0 Å². The highest BCUT2D eigenvalue weighted by molar-refractivity contribution is 5.91. The summed E-state index contributed by atoms with van der Waals surface area (Å²) in [5, 5.41) is 4.36. The third-order valence-corrected chi connectivity index (χ3v) is 6.35. The van der Waals surface area contributed by atoms with E-state index in [1.807, 2.05) is 24.8 Å². The van der Waals surface area contributed by atoms with Gasteiger partial charge in [0.15, 0.2) is 0 Å². The molecule has 9 heteroatoms. The van der Waals surface area contributed by atoms with Crippen LogP contribution in [-0.4, -0.2) is 91.9 Å². The predicted molar refractivity (Wildman–Crippen MR) is 112 cm³/mol. The van der Waals surface area contributed by atoms with Crippen LogP contribution in [0.1, 0.15) is 48.2 Å². The molecular formula is C21H31N7O2. The lowest BCUT2D eigenvalue weighted by Crippen LogP contribution is -2.49. The summed E-state index contributed by atoms with van der Waals surface area (Å²) in [6, 6.07) is 1.92. The van der Waals surface area contributed by atoms with Gasteiger partial charge in [-0.15, -0.1) is 5.10 Å². The molecule has 2 amide bonds. The second-order valence-corrected chi connectivity index (χ2v) is 8.44. The summed E-state index contributed by atoms with van der Waals surface area (Å²) in [4.78, 5) is 40.4. The number of carbonyl (C=O) groups is 2. The summed E-state index contributed by atoms with van der Waals surface area (Å²) >= 11 is 0. The number of hydrogen-bond acceptors (Lipinski definition) is 6. The van der Waals surface area contributed by atoms with Crippen molar-refractivity contribution in [2.24, 2.45) is 5.92 Å². The number of carbonyl (C=O) groups excluding carboxylic acids is 2. The first kappa shape index (κ1) is 20.7. The van der Waals surface area contributed by atoms with Gasteiger partial charge >= 0.3 is 0 Å². The van der Waals surface area contributed by atoms with E-state index in [1.54, 1.807) is 9.42 Å². The van der Waals surface area contributed by atoms with Crippen molar-refractivity contribution in [3.05, 3.63) is 23.3 Å². The Morgan fingerprint density at radius 3 is 2.37 bits per heavy atom. The highest BCUT2D eigenvalue weighted by Crippen LogP contribution is 2.23. The van der Waals surface area contributed by atoms with E-state index in [0.29, 0.717) is 31.2 Å². The van der Waals surface area contributed by atoms with Crippen LogP contribution in [0.2, 0.25) is 0 Å². The van der Waals surface area contributed by atoms with Gasteiger partial charge in [0.1, 0.15) is 0 Å². The van der Waals surface area contributed by atoms with Crippen molar-refractivity contribution in [3.8, 4) is 0 Å². The average Bonchev–Trinajstić information content (AvgIpc) is 3.18. The van der Waals surface area contributed by atoms with Crippen LogP contribution in [0, 0.1) is 19.8 Å². The van der Waals surface area contributed by atoms with Crippen molar-refractivity contribution in [3.63, 3.8) is 0 Å². The van der Waals surface area contributed by atoms with Gasteiger partial charge in [0.2, 0.25) is 11.7 Å². The molecular weight excluding hydrogens is 382 g/mol. The zero-order chi connectivity index (χ0) is 21.3. The molecule has 0 saturated carbocycles. The second-order valence-electron chi connectivity index (χ2n) is 8.44. The number of piperazine rings is 1. The standard InChI is InChI=1S/C21H31N7O2/c1-4-25-9-11-26(12-10-25)18(29)14-17-5-7-27(8-6-17)20(30)19-23-21-22-15(2)13-16(3)28(21)24-19/h13,17H,4-12,14H2,1-3H3. The predicted octanol–water partition coefficient (Wildman–Crippen LogP) is 1.15. The summed E-state index contributed by atoms with van der Waals surface area (Å²) < 4.78 is 1.62. The molecule has 162 valence electrons. The fourth-order valence-corrected chi connectivity index (χ4v) is 4.43. The number of aryl methyl sites for hydroxylation is 2. The number of fused-ring (bicyclic) bond motifs is 1. The van der Waals surface area contributed by atoms with E-state index in [4.69, 9.17) is 0 Å². The molecule has 2 saturated heterocycles. The quantitative estimate of drug-likeness (QED) is 0.747. The molecule has 2 fully saturated rings. The molecule has 0 atom stereocenters. The molecule has 0 radical (unpaired) electrons. The van der Waals surface area contributed by atoms with Crippen LogP contribution in [0.4, 0.5) is 0 Å². The van der Waals surface area contributed by atoms with Gasteiger partial charge in [-0.1, -0.05) is 6.92 Å². The largest absolute Gasteiger partial charge is 0.340 e. The topological polar surface area (TPSA) is 86.9 Å². The first-order valence-electron chi connectivity index (χ1n) is 10.9. The Hall–Kier alpha value is -2.55. The maximum atomic E-state index is 12.9. The van der Waals surface area contributed by atoms with Gasteiger partial charge in [0, 0.05) is 57.1 Å². The van der Waals surface area contributed by atoms with Crippen LogP contribution in [0.15, 0.2) is 6.07 Å². The lowest BCUT2D eigenvalue weighted by Gasteiger charge is -2.36. The van der Waals surface area contributed by atoms with Crippen LogP contribution in [0.25, 0.3) is 5.78 Å². The third kappa shape index (κ3) is 4.30. The zero-order valence-corrected chi connectivity index (χ0v) is 18.2. The Balaban J connectivity index is 1.30. The van der Waals surface area contributed by atoms with Crippen molar-refractivity contribution < 1.29 is 9.59 Å². The van der Waals surface area contributed by atoms with Crippen molar-refractivity contribution >= 4 is 17.6 Å². The first-order chi connectivity index (χ1) is 14.4. The van der Waals surface area contributed by atoms with Crippen molar-refractivity contribution in [2.75, 3.05) is 45.8 Å². The molecule has 0 aliphatic carbocycles. The Kier molecular flexibility index (Phi) is 5.99. The van der Waals surface area contributed by atoms with Crippen LogP contribution >= 0.6 is 0 Å². The fraction of sp³-hybridized carbons (Fsp3) is 0.667. The van der Waals surface area contributed by atoms with E-state index in [-0.39, 0.29) is 17.6 Å².